The molecular formula is C17H21NO2. The Morgan fingerprint density at radius 1 is 0.800 bits per heavy atom. The van der Waals surface area contributed by atoms with Crippen LogP contribution in [-0.2, 0) is 9.47 Å². The predicted molar refractivity (Wildman–Crippen MR) is 82.8 cm³/mol. The third-order valence-electron chi connectivity index (χ3n) is 3.26. The minimum atomic E-state index is -0.260. The number of anilines is 1. The molecule has 0 amide bonds. The molecule has 1 atom stereocenters. The maximum atomic E-state index is 5.24. The van der Waals surface area contributed by atoms with E-state index in [1.807, 2.05) is 25.1 Å². The summed E-state index contributed by atoms with van der Waals surface area (Å²) in [6, 6.07) is 18.8. The molecule has 3 heteroatoms. The molecule has 2 aromatic rings. The summed E-state index contributed by atoms with van der Waals surface area (Å²) in [5, 5.41) is 3.37. The zero-order valence-corrected chi connectivity index (χ0v) is 12.2. The van der Waals surface area contributed by atoms with Crippen LogP contribution in [0.25, 0.3) is 11.1 Å². The van der Waals surface area contributed by atoms with Crippen molar-refractivity contribution >= 4 is 5.69 Å². The van der Waals surface area contributed by atoms with Crippen LogP contribution in [0.1, 0.15) is 6.92 Å². The SMILES string of the molecule is COC(OC)C(C)Nc1ccc(-c2ccccc2)cc1. The van der Waals surface area contributed by atoms with Crippen molar-refractivity contribution in [1.29, 1.82) is 0 Å². The van der Waals surface area contributed by atoms with Crippen LogP contribution in [0.4, 0.5) is 5.69 Å². The molecule has 1 N–H and O–H groups in total. The van der Waals surface area contributed by atoms with Crippen LogP contribution in [0.3, 0.4) is 0 Å². The van der Waals surface area contributed by atoms with Crippen molar-refractivity contribution < 1.29 is 9.47 Å². The van der Waals surface area contributed by atoms with Crippen LogP contribution in [0.5, 0.6) is 0 Å². The Morgan fingerprint density at radius 3 is 1.90 bits per heavy atom. The number of hydrogen-bond donors (Lipinski definition) is 1. The molecule has 0 saturated heterocycles. The van der Waals surface area contributed by atoms with E-state index in [1.54, 1.807) is 14.2 Å². The highest BCUT2D eigenvalue weighted by atomic mass is 16.7. The zero-order chi connectivity index (χ0) is 14.4. The molecule has 2 rings (SSSR count). The number of benzene rings is 2. The second kappa shape index (κ2) is 7.08. The smallest absolute Gasteiger partial charge is 0.176 e. The Bertz CT molecular complexity index is 506. The summed E-state index contributed by atoms with van der Waals surface area (Å²) in [6.07, 6.45) is -0.260. The number of hydrogen-bond acceptors (Lipinski definition) is 3. The van der Waals surface area contributed by atoms with Crippen LogP contribution in [0, 0.1) is 0 Å². The van der Waals surface area contributed by atoms with Crippen molar-refractivity contribution in [3.8, 4) is 11.1 Å². The molecule has 0 aliphatic heterocycles. The molecule has 0 saturated carbocycles. The quantitative estimate of drug-likeness (QED) is 0.811. The van der Waals surface area contributed by atoms with Gasteiger partial charge in [-0.05, 0) is 30.2 Å². The van der Waals surface area contributed by atoms with Gasteiger partial charge in [0.15, 0.2) is 6.29 Å². The van der Waals surface area contributed by atoms with Crippen molar-refractivity contribution in [2.24, 2.45) is 0 Å². The van der Waals surface area contributed by atoms with Gasteiger partial charge in [-0.2, -0.15) is 0 Å². The van der Waals surface area contributed by atoms with Crippen molar-refractivity contribution in [2.75, 3.05) is 19.5 Å². The Hall–Kier alpha value is -1.84. The highest BCUT2D eigenvalue weighted by molar-refractivity contribution is 5.65. The Labute approximate surface area is 120 Å². The van der Waals surface area contributed by atoms with E-state index >= 15 is 0 Å². The van der Waals surface area contributed by atoms with E-state index in [2.05, 4.69) is 41.7 Å². The molecule has 0 aliphatic rings. The Morgan fingerprint density at radius 2 is 1.35 bits per heavy atom. The maximum absolute atomic E-state index is 5.24. The molecule has 1 unspecified atom stereocenters. The van der Waals surface area contributed by atoms with Crippen molar-refractivity contribution in [3.05, 3.63) is 54.6 Å². The monoisotopic (exact) mass is 271 g/mol. The largest absolute Gasteiger partial charge is 0.377 e. The first kappa shape index (κ1) is 14.6. The van der Waals surface area contributed by atoms with E-state index in [9.17, 15) is 0 Å². The molecule has 20 heavy (non-hydrogen) atoms. The van der Waals surface area contributed by atoms with E-state index in [0.29, 0.717) is 0 Å². The fraction of sp³-hybridized carbons (Fsp3) is 0.294. The van der Waals surface area contributed by atoms with Crippen LogP contribution in [-0.4, -0.2) is 26.6 Å². The van der Waals surface area contributed by atoms with Crippen LogP contribution in [0.15, 0.2) is 54.6 Å². The van der Waals surface area contributed by atoms with Crippen molar-refractivity contribution in [3.63, 3.8) is 0 Å². The van der Waals surface area contributed by atoms with Gasteiger partial charge in [-0.3, -0.25) is 0 Å². The predicted octanol–water partition coefficient (Wildman–Crippen LogP) is 3.77. The zero-order valence-electron chi connectivity index (χ0n) is 12.2. The summed E-state index contributed by atoms with van der Waals surface area (Å²) in [4.78, 5) is 0. The number of ether oxygens (including phenoxy) is 2. The lowest BCUT2D eigenvalue weighted by molar-refractivity contribution is -0.109. The lowest BCUT2D eigenvalue weighted by atomic mass is 10.1. The first-order valence-corrected chi connectivity index (χ1v) is 6.72. The van der Waals surface area contributed by atoms with Gasteiger partial charge in [0.05, 0.1) is 6.04 Å². The van der Waals surface area contributed by atoms with E-state index in [4.69, 9.17) is 9.47 Å². The molecule has 3 nitrogen and oxygen atoms in total. The molecule has 0 spiro atoms. The number of nitrogens with one attached hydrogen (secondary N) is 1. The Kier molecular flexibility index (Phi) is 5.16. The summed E-state index contributed by atoms with van der Waals surface area (Å²) in [5.41, 5.74) is 3.48. The fourth-order valence-corrected chi connectivity index (χ4v) is 2.22. The van der Waals surface area contributed by atoms with Crippen molar-refractivity contribution in [2.45, 2.75) is 19.3 Å². The molecule has 0 radical (unpaired) electrons. The van der Waals surface area contributed by atoms with Gasteiger partial charge in [0.2, 0.25) is 0 Å². The average Bonchev–Trinajstić information content (AvgIpc) is 2.50. The van der Waals surface area contributed by atoms with Gasteiger partial charge in [0.1, 0.15) is 0 Å². The molecule has 106 valence electrons. The van der Waals surface area contributed by atoms with Crippen molar-refractivity contribution in [1.82, 2.24) is 0 Å². The third kappa shape index (κ3) is 3.59. The van der Waals surface area contributed by atoms with Gasteiger partial charge in [-0.15, -0.1) is 0 Å². The van der Waals surface area contributed by atoms with Gasteiger partial charge in [-0.1, -0.05) is 42.5 Å². The topological polar surface area (TPSA) is 30.5 Å². The van der Waals surface area contributed by atoms with Crippen LogP contribution in [0.2, 0.25) is 0 Å². The second-order valence-electron chi connectivity index (χ2n) is 4.72. The summed E-state index contributed by atoms with van der Waals surface area (Å²) in [7, 11) is 3.29. The summed E-state index contributed by atoms with van der Waals surface area (Å²) >= 11 is 0. The summed E-state index contributed by atoms with van der Waals surface area (Å²) in [6.45, 7) is 2.03. The number of rotatable bonds is 6. The molecular weight excluding hydrogens is 250 g/mol. The minimum absolute atomic E-state index is 0.0765. The van der Waals surface area contributed by atoms with Gasteiger partial charge in [0, 0.05) is 19.9 Å². The normalized spacial score (nSPS) is 12.4. The standard InChI is InChI=1S/C17H21NO2/c1-13(17(19-2)20-3)18-16-11-9-15(10-12-16)14-7-5-4-6-8-14/h4-13,17-18H,1-3H3. The fourth-order valence-electron chi connectivity index (χ4n) is 2.22. The first-order valence-electron chi connectivity index (χ1n) is 6.72. The Balaban J connectivity index is 2.05. The molecule has 0 aromatic heterocycles. The van der Waals surface area contributed by atoms with E-state index in [-0.39, 0.29) is 12.3 Å². The molecule has 0 aliphatic carbocycles. The van der Waals surface area contributed by atoms with E-state index < -0.39 is 0 Å². The third-order valence-corrected chi connectivity index (χ3v) is 3.26. The molecule has 2 aromatic carbocycles. The molecule has 0 fully saturated rings. The van der Waals surface area contributed by atoms with E-state index in [0.717, 1.165) is 5.69 Å². The lowest BCUT2D eigenvalue weighted by Gasteiger charge is -2.23. The van der Waals surface area contributed by atoms with Crippen LogP contribution >= 0.6 is 0 Å². The summed E-state index contributed by atoms with van der Waals surface area (Å²) < 4.78 is 10.5. The first-order chi connectivity index (χ1) is 9.74. The molecule has 0 heterocycles. The van der Waals surface area contributed by atoms with E-state index in [1.165, 1.54) is 11.1 Å². The minimum Gasteiger partial charge on any atom is -0.377 e. The van der Waals surface area contributed by atoms with Gasteiger partial charge < -0.3 is 14.8 Å². The lowest BCUT2D eigenvalue weighted by Crippen LogP contribution is -2.33. The van der Waals surface area contributed by atoms with Gasteiger partial charge in [-0.25, -0.2) is 0 Å². The average molecular weight is 271 g/mol. The highest BCUT2D eigenvalue weighted by Crippen LogP contribution is 2.21. The summed E-state index contributed by atoms with van der Waals surface area (Å²) in [5.74, 6) is 0. The highest BCUT2D eigenvalue weighted by Gasteiger charge is 2.15. The number of methoxy groups -OCH3 is 2. The van der Waals surface area contributed by atoms with Gasteiger partial charge >= 0.3 is 0 Å². The maximum Gasteiger partial charge on any atom is 0.176 e. The second-order valence-corrected chi connectivity index (χ2v) is 4.72. The van der Waals surface area contributed by atoms with Crippen LogP contribution < -0.4 is 5.32 Å². The molecule has 0 bridgehead atoms. The van der Waals surface area contributed by atoms with Gasteiger partial charge in [0.25, 0.3) is 0 Å².